The molecule has 0 saturated carbocycles. The summed E-state index contributed by atoms with van der Waals surface area (Å²) in [6.45, 7) is 4.81. The number of hydrogen-bond acceptors (Lipinski definition) is 6. The lowest BCUT2D eigenvalue weighted by atomic mass is 10.0. The number of aryl methyl sites for hydroxylation is 1. The van der Waals surface area contributed by atoms with Crippen molar-refractivity contribution in [3.8, 4) is 6.07 Å². The topological polar surface area (TPSA) is 103 Å². The van der Waals surface area contributed by atoms with Gasteiger partial charge in [-0.3, -0.25) is 4.79 Å². The average Bonchev–Trinajstić information content (AvgIpc) is 2.64. The minimum Gasteiger partial charge on any atom is -0.454 e. The molecule has 6 heteroatoms. The van der Waals surface area contributed by atoms with Gasteiger partial charge in [0.15, 0.2) is 12.4 Å². The third kappa shape index (κ3) is 4.79. The van der Waals surface area contributed by atoms with E-state index in [2.05, 4.69) is 5.32 Å². The first kappa shape index (κ1) is 19.9. The summed E-state index contributed by atoms with van der Waals surface area (Å²) in [6.07, 6.45) is 0. The first-order valence-corrected chi connectivity index (χ1v) is 8.42. The van der Waals surface area contributed by atoms with Crippen molar-refractivity contribution in [1.29, 1.82) is 10.7 Å². The summed E-state index contributed by atoms with van der Waals surface area (Å²) in [7, 11) is 0. The van der Waals surface area contributed by atoms with Gasteiger partial charge in [-0.05, 0) is 50.1 Å². The summed E-state index contributed by atoms with van der Waals surface area (Å²) in [5, 5.41) is 19.6. The molecule has 0 aliphatic heterocycles. The van der Waals surface area contributed by atoms with Gasteiger partial charge in [0.1, 0.15) is 5.92 Å². The number of benzene rings is 2. The number of ether oxygens (including phenoxy) is 1. The summed E-state index contributed by atoms with van der Waals surface area (Å²) >= 11 is 0. The lowest BCUT2D eigenvalue weighted by molar-refractivity contribution is -0.122. The van der Waals surface area contributed by atoms with Crippen molar-refractivity contribution >= 4 is 28.8 Å². The Kier molecular flexibility index (Phi) is 6.45. The molecule has 2 aromatic rings. The zero-order valence-electron chi connectivity index (χ0n) is 15.5. The van der Waals surface area contributed by atoms with Crippen LogP contribution in [0.4, 0.5) is 11.4 Å². The Morgan fingerprint density at radius 2 is 1.81 bits per heavy atom. The minimum atomic E-state index is -1.19. The van der Waals surface area contributed by atoms with E-state index in [0.717, 1.165) is 16.8 Å². The number of nitriles is 1. The molecule has 6 nitrogen and oxygen atoms in total. The number of nitrogens with zero attached hydrogens (tertiary/aromatic N) is 1. The molecule has 27 heavy (non-hydrogen) atoms. The highest BCUT2D eigenvalue weighted by atomic mass is 16.5. The molecule has 0 radical (unpaired) electrons. The Balaban J connectivity index is 2.16. The standard InChI is InChI=1S/C21H21N3O3/c1-13-7-6-10-18(14(13)2)24-19-9-5-4-8-16(19)21(26)27-12-20(25)17(11-22)15(3)23/h4-10,17,23-24H,12H2,1-3H3/t17-/m1/s1. The summed E-state index contributed by atoms with van der Waals surface area (Å²) in [5.41, 5.74) is 3.82. The Hall–Kier alpha value is -3.46. The van der Waals surface area contributed by atoms with Crippen LogP contribution in [-0.4, -0.2) is 24.1 Å². The maximum atomic E-state index is 12.4. The van der Waals surface area contributed by atoms with E-state index in [-0.39, 0.29) is 11.3 Å². The second-order valence-electron chi connectivity index (χ2n) is 6.21. The molecule has 2 aromatic carbocycles. The monoisotopic (exact) mass is 363 g/mol. The molecule has 0 heterocycles. The van der Waals surface area contributed by atoms with Crippen molar-refractivity contribution in [1.82, 2.24) is 0 Å². The van der Waals surface area contributed by atoms with E-state index in [1.807, 2.05) is 32.0 Å². The molecule has 0 aliphatic carbocycles. The number of hydrogen-bond donors (Lipinski definition) is 2. The molecule has 138 valence electrons. The van der Waals surface area contributed by atoms with Crippen molar-refractivity contribution in [2.75, 3.05) is 11.9 Å². The normalized spacial score (nSPS) is 11.2. The van der Waals surface area contributed by atoms with Gasteiger partial charge in [0, 0.05) is 11.4 Å². The van der Waals surface area contributed by atoms with Crippen molar-refractivity contribution in [3.63, 3.8) is 0 Å². The minimum absolute atomic E-state index is 0.0736. The number of Topliss-reactive ketones (excluding diaryl/α,β-unsaturated/α-hetero) is 1. The zero-order chi connectivity index (χ0) is 20.0. The molecular weight excluding hydrogens is 342 g/mol. The zero-order valence-corrected chi connectivity index (χ0v) is 15.5. The van der Waals surface area contributed by atoms with E-state index in [4.69, 9.17) is 15.4 Å². The number of rotatable bonds is 7. The fourth-order valence-corrected chi connectivity index (χ4v) is 2.51. The molecule has 0 amide bonds. The molecule has 2 rings (SSSR count). The number of anilines is 2. The quantitative estimate of drug-likeness (QED) is 0.572. The number of ketones is 1. The van der Waals surface area contributed by atoms with Gasteiger partial charge in [-0.15, -0.1) is 0 Å². The first-order chi connectivity index (χ1) is 12.8. The second kappa shape index (κ2) is 8.77. The van der Waals surface area contributed by atoms with Crippen LogP contribution >= 0.6 is 0 Å². The highest BCUT2D eigenvalue weighted by Gasteiger charge is 2.22. The van der Waals surface area contributed by atoms with Gasteiger partial charge in [-0.25, -0.2) is 4.79 Å². The third-order valence-electron chi connectivity index (χ3n) is 4.25. The molecule has 2 N–H and O–H groups in total. The maximum Gasteiger partial charge on any atom is 0.340 e. The van der Waals surface area contributed by atoms with Crippen molar-refractivity contribution in [2.45, 2.75) is 20.8 Å². The van der Waals surface area contributed by atoms with Crippen molar-refractivity contribution in [3.05, 3.63) is 59.2 Å². The summed E-state index contributed by atoms with van der Waals surface area (Å²) in [4.78, 5) is 24.4. The van der Waals surface area contributed by atoms with Gasteiger partial charge in [-0.1, -0.05) is 24.3 Å². The second-order valence-corrected chi connectivity index (χ2v) is 6.21. The van der Waals surface area contributed by atoms with Gasteiger partial charge in [0.25, 0.3) is 0 Å². The van der Waals surface area contributed by atoms with Crippen LogP contribution in [-0.2, 0) is 9.53 Å². The maximum absolute atomic E-state index is 12.4. The Bertz CT molecular complexity index is 929. The Morgan fingerprint density at radius 3 is 2.48 bits per heavy atom. The average molecular weight is 363 g/mol. The van der Waals surface area contributed by atoms with E-state index < -0.39 is 24.3 Å². The van der Waals surface area contributed by atoms with Crippen LogP contribution in [0.25, 0.3) is 0 Å². The van der Waals surface area contributed by atoms with Crippen LogP contribution in [0.1, 0.15) is 28.4 Å². The fraction of sp³-hybridized carbons (Fsp3) is 0.238. The fourth-order valence-electron chi connectivity index (χ4n) is 2.51. The molecular formula is C21H21N3O3. The molecule has 0 unspecified atom stereocenters. The van der Waals surface area contributed by atoms with Crippen LogP contribution < -0.4 is 5.32 Å². The van der Waals surface area contributed by atoms with E-state index in [1.165, 1.54) is 6.92 Å². The highest BCUT2D eigenvalue weighted by Crippen LogP contribution is 2.25. The van der Waals surface area contributed by atoms with E-state index in [1.54, 1.807) is 30.3 Å². The molecule has 0 aliphatic rings. The summed E-state index contributed by atoms with van der Waals surface area (Å²) in [5.74, 6) is -2.48. The van der Waals surface area contributed by atoms with E-state index >= 15 is 0 Å². The SMILES string of the molecule is CC(=N)[C@@H](C#N)C(=O)COC(=O)c1ccccc1Nc1cccc(C)c1C. The smallest absolute Gasteiger partial charge is 0.340 e. The molecule has 0 fully saturated rings. The van der Waals surface area contributed by atoms with Gasteiger partial charge >= 0.3 is 5.97 Å². The number of carbonyl (C=O) groups is 2. The van der Waals surface area contributed by atoms with E-state index in [0.29, 0.717) is 5.69 Å². The largest absolute Gasteiger partial charge is 0.454 e. The summed E-state index contributed by atoms with van der Waals surface area (Å²) < 4.78 is 5.08. The van der Waals surface area contributed by atoms with Crippen molar-refractivity contribution in [2.24, 2.45) is 5.92 Å². The lowest BCUT2D eigenvalue weighted by Crippen LogP contribution is -2.25. The van der Waals surface area contributed by atoms with Crippen LogP contribution in [0.5, 0.6) is 0 Å². The third-order valence-corrected chi connectivity index (χ3v) is 4.25. The Morgan fingerprint density at radius 1 is 1.15 bits per heavy atom. The van der Waals surface area contributed by atoms with Crippen LogP contribution in [0, 0.1) is 36.5 Å². The predicted molar refractivity (Wildman–Crippen MR) is 103 cm³/mol. The summed E-state index contributed by atoms with van der Waals surface area (Å²) in [6, 6.07) is 14.4. The number of nitrogens with one attached hydrogen (secondary N) is 2. The van der Waals surface area contributed by atoms with Gasteiger partial charge in [0.2, 0.25) is 0 Å². The Labute approximate surface area is 158 Å². The molecule has 0 bridgehead atoms. The lowest BCUT2D eigenvalue weighted by Gasteiger charge is -2.15. The highest BCUT2D eigenvalue weighted by molar-refractivity contribution is 6.06. The number of esters is 1. The van der Waals surface area contributed by atoms with Gasteiger partial charge < -0.3 is 15.5 Å². The first-order valence-electron chi connectivity index (χ1n) is 8.42. The molecule has 0 aromatic heterocycles. The van der Waals surface area contributed by atoms with Gasteiger partial charge in [0.05, 0.1) is 17.3 Å². The molecule has 1 atom stereocenters. The molecule has 0 saturated heterocycles. The van der Waals surface area contributed by atoms with Crippen LogP contribution in [0.15, 0.2) is 42.5 Å². The molecule has 0 spiro atoms. The van der Waals surface area contributed by atoms with Crippen molar-refractivity contribution < 1.29 is 14.3 Å². The van der Waals surface area contributed by atoms with Crippen LogP contribution in [0.2, 0.25) is 0 Å². The predicted octanol–water partition coefficient (Wildman–Crippen LogP) is 3.95. The van der Waals surface area contributed by atoms with Crippen LogP contribution in [0.3, 0.4) is 0 Å². The van der Waals surface area contributed by atoms with E-state index in [9.17, 15) is 9.59 Å². The number of para-hydroxylation sites is 1. The number of carbonyl (C=O) groups excluding carboxylic acids is 2. The van der Waals surface area contributed by atoms with Gasteiger partial charge in [-0.2, -0.15) is 5.26 Å².